The van der Waals surface area contributed by atoms with Gasteiger partial charge in [-0.25, -0.2) is 0 Å². The molecule has 0 aliphatic rings. The smallest absolute Gasteiger partial charge is 0.102 e. The molecule has 0 aromatic heterocycles. The van der Waals surface area contributed by atoms with Gasteiger partial charge in [0.15, 0.2) is 0 Å². The molecule has 0 saturated carbocycles. The standard InChI is InChI=1S/C5H6N2S3/c6-1-3(8)5(10)4(9)2-7/h3-5,8-10H. The van der Waals surface area contributed by atoms with Crippen LogP contribution in [0.1, 0.15) is 0 Å². The van der Waals surface area contributed by atoms with E-state index in [1.807, 2.05) is 12.1 Å². The summed E-state index contributed by atoms with van der Waals surface area (Å²) in [6.07, 6.45) is 0. The summed E-state index contributed by atoms with van der Waals surface area (Å²) in [7, 11) is 0. The molecule has 5 heteroatoms. The van der Waals surface area contributed by atoms with Crippen molar-refractivity contribution in [3.05, 3.63) is 0 Å². The SMILES string of the molecule is N#CC(S)C(S)C(S)C#N. The predicted molar refractivity (Wildman–Crippen MR) is 49.5 cm³/mol. The van der Waals surface area contributed by atoms with Gasteiger partial charge in [0.2, 0.25) is 0 Å². The van der Waals surface area contributed by atoms with Crippen LogP contribution >= 0.6 is 37.9 Å². The van der Waals surface area contributed by atoms with Gasteiger partial charge >= 0.3 is 0 Å². The molecule has 54 valence electrons. The van der Waals surface area contributed by atoms with E-state index in [0.717, 1.165) is 0 Å². The molecule has 0 radical (unpaired) electrons. The lowest BCUT2D eigenvalue weighted by Gasteiger charge is -2.11. The molecule has 0 spiro atoms. The van der Waals surface area contributed by atoms with Gasteiger partial charge < -0.3 is 0 Å². The summed E-state index contributed by atoms with van der Waals surface area (Å²) in [4.78, 5) is 0. The van der Waals surface area contributed by atoms with E-state index in [9.17, 15) is 0 Å². The van der Waals surface area contributed by atoms with Crippen molar-refractivity contribution in [2.75, 3.05) is 0 Å². The fourth-order valence-electron chi connectivity index (χ4n) is 0.325. The van der Waals surface area contributed by atoms with E-state index in [-0.39, 0.29) is 0 Å². The van der Waals surface area contributed by atoms with E-state index in [1.54, 1.807) is 0 Å². The van der Waals surface area contributed by atoms with Crippen molar-refractivity contribution in [2.24, 2.45) is 0 Å². The first-order chi connectivity index (χ1) is 4.63. The quantitative estimate of drug-likeness (QED) is 0.567. The number of nitriles is 2. The average Bonchev–Trinajstić information content (AvgIpc) is 2.00. The summed E-state index contributed by atoms with van der Waals surface area (Å²) in [5, 5.41) is 15.2. The zero-order valence-corrected chi connectivity index (χ0v) is 7.65. The summed E-state index contributed by atoms with van der Waals surface area (Å²) in [5.41, 5.74) is 0. The van der Waals surface area contributed by atoms with Gasteiger partial charge in [-0.05, 0) is 0 Å². The molecular weight excluding hydrogens is 184 g/mol. The van der Waals surface area contributed by atoms with E-state index in [2.05, 4.69) is 37.9 Å². The van der Waals surface area contributed by atoms with Crippen molar-refractivity contribution in [2.45, 2.75) is 15.7 Å². The Labute approximate surface area is 76.4 Å². The number of nitrogens with zero attached hydrogens (tertiary/aromatic N) is 2. The molecule has 0 N–H and O–H groups in total. The van der Waals surface area contributed by atoms with Crippen LogP contribution in [0.3, 0.4) is 0 Å². The van der Waals surface area contributed by atoms with Crippen molar-refractivity contribution < 1.29 is 0 Å². The highest BCUT2D eigenvalue weighted by Crippen LogP contribution is 2.15. The highest BCUT2D eigenvalue weighted by atomic mass is 32.1. The summed E-state index contributed by atoms with van der Waals surface area (Å²) in [6, 6.07) is 3.74. The Kier molecular flexibility index (Phi) is 4.80. The van der Waals surface area contributed by atoms with Crippen LogP contribution < -0.4 is 0 Å². The average molecular weight is 190 g/mol. The Morgan fingerprint density at radius 2 is 1.20 bits per heavy atom. The normalized spacial score (nSPS) is 18.1. The molecule has 0 aromatic rings. The van der Waals surface area contributed by atoms with Crippen LogP contribution in [0, 0.1) is 22.7 Å². The lowest BCUT2D eigenvalue weighted by molar-refractivity contribution is 0.953. The maximum absolute atomic E-state index is 8.33. The van der Waals surface area contributed by atoms with Gasteiger partial charge in [-0.3, -0.25) is 0 Å². The maximum atomic E-state index is 8.33. The third-order valence-electron chi connectivity index (χ3n) is 0.912. The third kappa shape index (κ3) is 2.74. The van der Waals surface area contributed by atoms with Crippen molar-refractivity contribution in [1.82, 2.24) is 0 Å². The highest BCUT2D eigenvalue weighted by molar-refractivity contribution is 7.87. The Morgan fingerprint density at radius 3 is 1.40 bits per heavy atom. The second-order valence-corrected chi connectivity index (χ2v) is 3.35. The van der Waals surface area contributed by atoms with Gasteiger partial charge in [-0.1, -0.05) is 0 Å². The van der Waals surface area contributed by atoms with E-state index in [1.165, 1.54) is 0 Å². The molecule has 2 nitrogen and oxygen atoms in total. The third-order valence-corrected chi connectivity index (χ3v) is 2.85. The van der Waals surface area contributed by atoms with Crippen molar-refractivity contribution in [3.8, 4) is 12.1 Å². The molecule has 2 unspecified atom stereocenters. The van der Waals surface area contributed by atoms with E-state index in [4.69, 9.17) is 10.5 Å². The first-order valence-electron chi connectivity index (χ1n) is 2.47. The second kappa shape index (κ2) is 4.79. The zero-order chi connectivity index (χ0) is 8.15. The minimum Gasteiger partial charge on any atom is -0.197 e. The van der Waals surface area contributed by atoms with Crippen molar-refractivity contribution in [1.29, 1.82) is 10.5 Å². The Bertz CT molecular complexity index is 160. The lowest BCUT2D eigenvalue weighted by Crippen LogP contribution is -2.23. The fraction of sp³-hybridized carbons (Fsp3) is 0.600. The van der Waals surface area contributed by atoms with Gasteiger partial charge in [0, 0.05) is 0 Å². The van der Waals surface area contributed by atoms with Crippen LogP contribution in [0.4, 0.5) is 0 Å². The van der Waals surface area contributed by atoms with Crippen molar-refractivity contribution in [3.63, 3.8) is 0 Å². The molecule has 2 atom stereocenters. The molecule has 0 heterocycles. The number of thiol groups is 3. The van der Waals surface area contributed by atoms with Crippen LogP contribution in [-0.2, 0) is 0 Å². The monoisotopic (exact) mass is 190 g/mol. The minimum absolute atomic E-state index is 0.401. The summed E-state index contributed by atoms with van der Waals surface area (Å²) in [6.45, 7) is 0. The van der Waals surface area contributed by atoms with Crippen LogP contribution in [0.2, 0.25) is 0 Å². The largest absolute Gasteiger partial charge is 0.197 e. The highest BCUT2D eigenvalue weighted by Gasteiger charge is 2.20. The molecule has 0 aliphatic heterocycles. The van der Waals surface area contributed by atoms with Gasteiger partial charge in [0.25, 0.3) is 0 Å². The first kappa shape index (κ1) is 10.0. The predicted octanol–water partition coefficient (Wildman–Crippen LogP) is 0.929. The molecule has 0 bridgehead atoms. The summed E-state index contributed by atoms with van der Waals surface area (Å²) in [5.74, 6) is 0. The Balaban J connectivity index is 4.00. The molecule has 0 rings (SSSR count). The van der Waals surface area contributed by atoms with Crippen LogP contribution in [0.5, 0.6) is 0 Å². The van der Waals surface area contributed by atoms with E-state index < -0.39 is 15.7 Å². The molecule has 10 heavy (non-hydrogen) atoms. The first-order valence-corrected chi connectivity index (χ1v) is 4.02. The molecular formula is C5H6N2S3. The van der Waals surface area contributed by atoms with E-state index in [0.29, 0.717) is 0 Å². The summed E-state index contributed by atoms with van der Waals surface area (Å²) < 4.78 is 0. The number of rotatable bonds is 2. The molecule has 0 amide bonds. The Hall–Kier alpha value is 0.0300. The van der Waals surface area contributed by atoms with Gasteiger partial charge in [0.05, 0.1) is 17.4 Å². The van der Waals surface area contributed by atoms with Crippen LogP contribution in [-0.4, -0.2) is 15.7 Å². The Morgan fingerprint density at radius 1 is 0.900 bits per heavy atom. The lowest BCUT2D eigenvalue weighted by atomic mass is 10.2. The van der Waals surface area contributed by atoms with Gasteiger partial charge in [0.1, 0.15) is 10.5 Å². The molecule has 0 aliphatic carbocycles. The summed E-state index contributed by atoms with van der Waals surface area (Å²) >= 11 is 11.7. The maximum Gasteiger partial charge on any atom is 0.102 e. The number of hydrogen-bond donors (Lipinski definition) is 3. The van der Waals surface area contributed by atoms with Crippen molar-refractivity contribution >= 4 is 37.9 Å². The number of hydrogen-bond acceptors (Lipinski definition) is 5. The van der Waals surface area contributed by atoms with Gasteiger partial charge in [-0.15, -0.1) is 0 Å². The second-order valence-electron chi connectivity index (χ2n) is 1.64. The zero-order valence-electron chi connectivity index (χ0n) is 4.97. The van der Waals surface area contributed by atoms with Crippen LogP contribution in [0.25, 0.3) is 0 Å². The van der Waals surface area contributed by atoms with Crippen LogP contribution in [0.15, 0.2) is 0 Å². The molecule has 0 saturated heterocycles. The molecule has 0 aromatic carbocycles. The topological polar surface area (TPSA) is 47.6 Å². The van der Waals surface area contributed by atoms with E-state index >= 15 is 0 Å². The van der Waals surface area contributed by atoms with Gasteiger partial charge in [-0.2, -0.15) is 48.4 Å². The minimum atomic E-state index is -0.537. The molecule has 0 fully saturated rings. The fourth-order valence-corrected chi connectivity index (χ4v) is 0.939.